The summed E-state index contributed by atoms with van der Waals surface area (Å²) in [5.74, 6) is 0. The van der Waals surface area contributed by atoms with Gasteiger partial charge >= 0.3 is 18.9 Å². The molecule has 1 aliphatic carbocycles. The van der Waals surface area contributed by atoms with Crippen LogP contribution in [-0.2, 0) is 9.47 Å². The molecule has 0 aromatic rings. The molecule has 68 valence electrons. The van der Waals surface area contributed by atoms with E-state index < -0.39 is 0 Å². The number of hydrogen-bond acceptors (Lipinski definition) is 2. The zero-order valence-electron chi connectivity index (χ0n) is 8.94. The van der Waals surface area contributed by atoms with Crippen LogP contribution in [0.15, 0.2) is 12.2 Å². The second-order valence-electron chi connectivity index (χ2n) is 3.97. The average Bonchev–Trinajstić information content (AvgIpc) is 2.59. The molecule has 13 heavy (non-hydrogen) atoms. The Kier molecular flexibility index (Phi) is 2.73. The molecule has 2 atom stereocenters. The van der Waals surface area contributed by atoms with E-state index in [1.165, 1.54) is 0 Å². The van der Waals surface area contributed by atoms with Gasteiger partial charge < -0.3 is 9.47 Å². The molecule has 0 radical (unpaired) electrons. The standard InChI is InChI=1S/C10H15O2.Li/c1-7(2)10(11-4)6-5-9(3)8(10)12-9;/h1,5-6H2,2-4H3;/q-1;+1/t9-,10-;/m0./s1. The molecule has 2 aliphatic rings. The molecule has 0 spiro atoms. The molecule has 1 heterocycles. The van der Waals surface area contributed by atoms with Gasteiger partial charge in [0.2, 0.25) is 0 Å². The maximum Gasteiger partial charge on any atom is 1.00 e. The number of hydrogen-bond donors (Lipinski definition) is 0. The smallest absolute Gasteiger partial charge is 0.561 e. The normalized spacial score (nSPS) is 42.4. The molecule has 1 saturated carbocycles. The fraction of sp³-hybridized carbons (Fsp3) is 0.700. The first-order valence-corrected chi connectivity index (χ1v) is 4.33. The van der Waals surface area contributed by atoms with Crippen LogP contribution >= 0.6 is 0 Å². The molecule has 1 aliphatic heterocycles. The third-order valence-electron chi connectivity index (χ3n) is 3.12. The van der Waals surface area contributed by atoms with Gasteiger partial charge in [-0.2, -0.15) is 0 Å². The third kappa shape index (κ3) is 1.32. The maximum atomic E-state index is 5.54. The van der Waals surface area contributed by atoms with Crippen molar-refractivity contribution >= 4 is 0 Å². The molecule has 0 aromatic heterocycles. The van der Waals surface area contributed by atoms with Crippen LogP contribution in [0.3, 0.4) is 0 Å². The number of epoxide rings is 1. The minimum absolute atomic E-state index is 0. The van der Waals surface area contributed by atoms with Gasteiger partial charge in [-0.05, 0) is 18.9 Å². The van der Waals surface area contributed by atoms with Crippen LogP contribution in [0, 0.1) is 6.10 Å². The third-order valence-corrected chi connectivity index (χ3v) is 3.12. The van der Waals surface area contributed by atoms with Crippen molar-refractivity contribution in [2.45, 2.75) is 37.9 Å². The number of methoxy groups -OCH3 is 1. The second kappa shape index (κ2) is 3.14. The van der Waals surface area contributed by atoms with Crippen LogP contribution in [0.4, 0.5) is 0 Å². The zero-order valence-corrected chi connectivity index (χ0v) is 8.94. The van der Waals surface area contributed by atoms with Crippen molar-refractivity contribution < 1.29 is 28.3 Å². The minimum atomic E-state index is -0.269. The predicted molar refractivity (Wildman–Crippen MR) is 46.5 cm³/mol. The molecule has 0 N–H and O–H groups in total. The Labute approximate surface area is 91.8 Å². The summed E-state index contributed by atoms with van der Waals surface area (Å²) in [7, 11) is 1.73. The molecule has 2 nitrogen and oxygen atoms in total. The average molecular weight is 174 g/mol. The molecule has 0 bridgehead atoms. The van der Waals surface area contributed by atoms with Crippen LogP contribution in [-0.4, -0.2) is 18.3 Å². The topological polar surface area (TPSA) is 21.8 Å². The first kappa shape index (κ1) is 11.3. The first-order chi connectivity index (χ1) is 5.55. The van der Waals surface area contributed by atoms with E-state index in [1.807, 2.05) is 6.92 Å². The molecular weight excluding hydrogens is 159 g/mol. The van der Waals surface area contributed by atoms with E-state index in [9.17, 15) is 0 Å². The summed E-state index contributed by atoms with van der Waals surface area (Å²) in [5, 5.41) is 0. The number of fused-ring (bicyclic) bond motifs is 1. The van der Waals surface area contributed by atoms with Gasteiger partial charge in [0.1, 0.15) is 0 Å². The van der Waals surface area contributed by atoms with Gasteiger partial charge in [-0.1, -0.05) is 31.1 Å². The largest absolute Gasteiger partial charge is 1.00 e. The van der Waals surface area contributed by atoms with E-state index in [1.54, 1.807) is 7.11 Å². The van der Waals surface area contributed by atoms with E-state index >= 15 is 0 Å². The SMILES string of the molecule is C=C(C)[C@@]1(OC)CC[C@]2(C)O[C-]12.[Li+]. The summed E-state index contributed by atoms with van der Waals surface area (Å²) in [5.41, 5.74) is 0.796. The van der Waals surface area contributed by atoms with Crippen molar-refractivity contribution in [2.75, 3.05) is 7.11 Å². The van der Waals surface area contributed by atoms with Gasteiger partial charge in [0.25, 0.3) is 0 Å². The number of rotatable bonds is 2. The Hall–Kier alpha value is 0.257. The van der Waals surface area contributed by atoms with E-state index in [2.05, 4.69) is 13.5 Å². The number of ether oxygens (including phenoxy) is 2. The second-order valence-corrected chi connectivity index (χ2v) is 3.97. The van der Waals surface area contributed by atoms with Crippen molar-refractivity contribution in [3.63, 3.8) is 0 Å². The van der Waals surface area contributed by atoms with Gasteiger partial charge in [0, 0.05) is 7.11 Å². The Morgan fingerprint density at radius 1 is 1.54 bits per heavy atom. The van der Waals surface area contributed by atoms with Crippen LogP contribution in [0.25, 0.3) is 0 Å². The molecule has 3 heteroatoms. The summed E-state index contributed by atoms with van der Waals surface area (Å²) in [4.78, 5) is 0. The maximum absolute atomic E-state index is 5.54. The first-order valence-electron chi connectivity index (χ1n) is 4.33. The van der Waals surface area contributed by atoms with Crippen molar-refractivity contribution in [1.82, 2.24) is 0 Å². The van der Waals surface area contributed by atoms with Gasteiger partial charge in [0.05, 0.1) is 0 Å². The van der Waals surface area contributed by atoms with Crippen LogP contribution < -0.4 is 18.9 Å². The zero-order chi connectivity index (χ0) is 8.98. The van der Waals surface area contributed by atoms with E-state index in [4.69, 9.17) is 9.47 Å². The molecule has 2 rings (SSSR count). The Morgan fingerprint density at radius 2 is 2.15 bits per heavy atom. The Morgan fingerprint density at radius 3 is 2.31 bits per heavy atom. The molecule has 0 aromatic carbocycles. The molecule has 0 amide bonds. The fourth-order valence-corrected chi connectivity index (χ4v) is 2.18. The van der Waals surface area contributed by atoms with Gasteiger partial charge in [-0.3, -0.25) is 0 Å². The molecule has 2 fully saturated rings. The summed E-state index contributed by atoms with van der Waals surface area (Å²) >= 11 is 0. The van der Waals surface area contributed by atoms with Crippen LogP contribution in [0.5, 0.6) is 0 Å². The van der Waals surface area contributed by atoms with Crippen molar-refractivity contribution in [3.05, 3.63) is 18.3 Å². The predicted octanol–water partition coefficient (Wildman–Crippen LogP) is -0.934. The summed E-state index contributed by atoms with van der Waals surface area (Å²) in [6, 6.07) is 0. The van der Waals surface area contributed by atoms with Crippen LogP contribution in [0.2, 0.25) is 0 Å². The van der Waals surface area contributed by atoms with Gasteiger partial charge in [-0.15, -0.1) is 6.10 Å². The Bertz CT molecular complexity index is 241. The molecular formula is C10H15LiO2. The summed E-state index contributed by atoms with van der Waals surface area (Å²) < 4.78 is 11.1. The van der Waals surface area contributed by atoms with Crippen LogP contribution in [0.1, 0.15) is 26.7 Å². The fourth-order valence-electron chi connectivity index (χ4n) is 2.18. The summed E-state index contributed by atoms with van der Waals surface area (Å²) in [6.07, 6.45) is 3.17. The molecule has 1 saturated heterocycles. The van der Waals surface area contributed by atoms with E-state index in [0.717, 1.165) is 24.5 Å². The monoisotopic (exact) mass is 174 g/mol. The van der Waals surface area contributed by atoms with Crippen molar-refractivity contribution in [2.24, 2.45) is 0 Å². The van der Waals surface area contributed by atoms with E-state index in [-0.39, 0.29) is 30.1 Å². The van der Waals surface area contributed by atoms with Crippen molar-refractivity contribution in [3.8, 4) is 0 Å². The van der Waals surface area contributed by atoms with Crippen molar-refractivity contribution in [1.29, 1.82) is 0 Å². The quantitative estimate of drug-likeness (QED) is 0.233. The van der Waals surface area contributed by atoms with E-state index in [0.29, 0.717) is 0 Å². The Balaban J connectivity index is 0.000000845. The van der Waals surface area contributed by atoms with Gasteiger partial charge in [0.15, 0.2) is 0 Å². The minimum Gasteiger partial charge on any atom is -0.561 e. The van der Waals surface area contributed by atoms with Gasteiger partial charge in [-0.25, -0.2) is 0 Å². The molecule has 0 unspecified atom stereocenters. The summed E-state index contributed by atoms with van der Waals surface area (Å²) in [6.45, 7) is 8.08.